The van der Waals surface area contributed by atoms with E-state index in [4.69, 9.17) is 9.26 Å². The van der Waals surface area contributed by atoms with Gasteiger partial charge in [0.1, 0.15) is 24.4 Å². The Morgan fingerprint density at radius 1 is 1.10 bits per heavy atom. The minimum atomic E-state index is -0.102. The Labute approximate surface area is 172 Å². The number of ether oxygens (including phenoxy) is 1. The number of hydrogen-bond acceptors (Lipinski definition) is 7. The minimum absolute atomic E-state index is 0.102. The number of carbonyl (C=O) groups is 1. The molecule has 0 atom stereocenters. The normalized spacial score (nSPS) is 10.7. The van der Waals surface area contributed by atoms with E-state index in [1.807, 2.05) is 50.2 Å². The number of carbonyl (C=O) groups excluding carboxylic acids is 1. The second kappa shape index (κ2) is 8.56. The molecule has 0 fully saturated rings. The summed E-state index contributed by atoms with van der Waals surface area (Å²) in [5, 5.41) is 17.8. The van der Waals surface area contributed by atoms with E-state index in [9.17, 15) is 4.79 Å². The van der Waals surface area contributed by atoms with Gasteiger partial charge in [0.25, 0.3) is 0 Å². The second-order valence-corrected chi connectivity index (χ2v) is 6.76. The summed E-state index contributed by atoms with van der Waals surface area (Å²) >= 11 is 0. The van der Waals surface area contributed by atoms with Gasteiger partial charge in [-0.05, 0) is 66.2 Å². The Morgan fingerprint density at radius 3 is 2.50 bits per heavy atom. The zero-order valence-corrected chi connectivity index (χ0v) is 16.6. The highest BCUT2D eigenvalue weighted by Crippen LogP contribution is 2.18. The number of amides is 1. The highest BCUT2D eigenvalue weighted by atomic mass is 16.5. The summed E-state index contributed by atoms with van der Waals surface area (Å²) in [6, 6.07) is 14.7. The average Bonchev–Trinajstić information content (AvgIpc) is 3.39. The topological polar surface area (TPSA) is 108 Å². The SMILES string of the molecule is Cc1noc(C)c1COc1ccc(CC(=O)Nc2ccc(-n3cnnn3)cc2)cc1. The van der Waals surface area contributed by atoms with E-state index in [1.54, 1.807) is 16.8 Å². The van der Waals surface area contributed by atoms with Gasteiger partial charge in [0.2, 0.25) is 5.91 Å². The molecule has 2 aromatic carbocycles. The van der Waals surface area contributed by atoms with Crippen molar-refractivity contribution in [2.24, 2.45) is 0 Å². The molecule has 9 heteroatoms. The maximum atomic E-state index is 12.3. The highest BCUT2D eigenvalue weighted by molar-refractivity contribution is 5.92. The number of benzene rings is 2. The third-order valence-corrected chi connectivity index (χ3v) is 4.62. The predicted molar refractivity (Wildman–Crippen MR) is 108 cm³/mol. The van der Waals surface area contributed by atoms with Crippen LogP contribution in [0.3, 0.4) is 0 Å². The lowest BCUT2D eigenvalue weighted by molar-refractivity contribution is -0.115. The van der Waals surface area contributed by atoms with Gasteiger partial charge >= 0.3 is 0 Å². The van der Waals surface area contributed by atoms with Crippen LogP contribution in [0.4, 0.5) is 5.69 Å². The van der Waals surface area contributed by atoms with Crippen LogP contribution in [-0.2, 0) is 17.8 Å². The van der Waals surface area contributed by atoms with Crippen molar-refractivity contribution < 1.29 is 14.1 Å². The summed E-state index contributed by atoms with van der Waals surface area (Å²) in [5.74, 6) is 1.37. The first-order chi connectivity index (χ1) is 14.6. The minimum Gasteiger partial charge on any atom is -0.489 e. The summed E-state index contributed by atoms with van der Waals surface area (Å²) in [4.78, 5) is 12.3. The van der Waals surface area contributed by atoms with Gasteiger partial charge in [-0.2, -0.15) is 0 Å². The highest BCUT2D eigenvalue weighted by Gasteiger charge is 2.10. The Bertz CT molecular complexity index is 1100. The maximum Gasteiger partial charge on any atom is 0.228 e. The van der Waals surface area contributed by atoms with Crippen LogP contribution < -0.4 is 10.1 Å². The van der Waals surface area contributed by atoms with Crippen LogP contribution in [-0.4, -0.2) is 31.3 Å². The molecule has 0 aliphatic rings. The molecule has 0 spiro atoms. The van der Waals surface area contributed by atoms with Gasteiger partial charge in [-0.25, -0.2) is 4.68 Å². The van der Waals surface area contributed by atoms with Gasteiger partial charge in [0.05, 0.1) is 23.4 Å². The predicted octanol–water partition coefficient (Wildman–Crippen LogP) is 3.03. The number of anilines is 1. The molecule has 9 nitrogen and oxygen atoms in total. The number of aryl methyl sites for hydroxylation is 2. The molecule has 2 heterocycles. The monoisotopic (exact) mass is 404 g/mol. The van der Waals surface area contributed by atoms with Crippen LogP contribution in [0.25, 0.3) is 5.69 Å². The van der Waals surface area contributed by atoms with Crippen molar-refractivity contribution in [1.29, 1.82) is 0 Å². The van der Waals surface area contributed by atoms with Crippen LogP contribution in [0, 0.1) is 13.8 Å². The molecule has 30 heavy (non-hydrogen) atoms. The van der Waals surface area contributed by atoms with Crippen molar-refractivity contribution in [3.63, 3.8) is 0 Å². The lowest BCUT2D eigenvalue weighted by Crippen LogP contribution is -2.14. The van der Waals surface area contributed by atoms with Crippen molar-refractivity contribution in [2.45, 2.75) is 26.9 Å². The fraction of sp³-hybridized carbons (Fsp3) is 0.190. The zero-order valence-electron chi connectivity index (χ0n) is 16.6. The van der Waals surface area contributed by atoms with E-state index < -0.39 is 0 Å². The molecular weight excluding hydrogens is 384 g/mol. The Kier molecular flexibility index (Phi) is 5.51. The Morgan fingerprint density at radius 2 is 1.87 bits per heavy atom. The van der Waals surface area contributed by atoms with E-state index >= 15 is 0 Å². The van der Waals surface area contributed by atoms with Gasteiger partial charge in [-0.3, -0.25) is 4.79 Å². The number of rotatable bonds is 7. The van der Waals surface area contributed by atoms with E-state index in [-0.39, 0.29) is 12.3 Å². The van der Waals surface area contributed by atoms with Crippen LogP contribution in [0.2, 0.25) is 0 Å². The quantitative estimate of drug-likeness (QED) is 0.504. The van der Waals surface area contributed by atoms with E-state index in [0.29, 0.717) is 12.3 Å². The van der Waals surface area contributed by atoms with Gasteiger partial charge in [0, 0.05) is 5.69 Å². The van der Waals surface area contributed by atoms with Gasteiger partial charge in [-0.15, -0.1) is 5.10 Å². The van der Waals surface area contributed by atoms with Crippen molar-refractivity contribution in [1.82, 2.24) is 25.4 Å². The summed E-state index contributed by atoms with van der Waals surface area (Å²) < 4.78 is 12.5. The first kappa shape index (κ1) is 19.3. The van der Waals surface area contributed by atoms with E-state index in [1.165, 1.54) is 6.33 Å². The molecule has 0 bridgehead atoms. The number of hydrogen-bond donors (Lipinski definition) is 1. The summed E-state index contributed by atoms with van der Waals surface area (Å²) in [5.41, 5.74) is 4.18. The summed E-state index contributed by atoms with van der Waals surface area (Å²) in [6.07, 6.45) is 1.77. The molecule has 1 amide bonds. The van der Waals surface area contributed by atoms with Crippen LogP contribution in [0.15, 0.2) is 59.4 Å². The lowest BCUT2D eigenvalue weighted by atomic mass is 10.1. The molecule has 0 saturated heterocycles. The average molecular weight is 404 g/mol. The zero-order chi connectivity index (χ0) is 20.9. The van der Waals surface area contributed by atoms with Gasteiger partial charge in [0.15, 0.2) is 0 Å². The smallest absolute Gasteiger partial charge is 0.228 e. The number of aromatic nitrogens is 5. The van der Waals surface area contributed by atoms with Crippen LogP contribution in [0.5, 0.6) is 5.75 Å². The van der Waals surface area contributed by atoms with Gasteiger partial charge in [-0.1, -0.05) is 17.3 Å². The van der Waals surface area contributed by atoms with Crippen LogP contribution >= 0.6 is 0 Å². The van der Waals surface area contributed by atoms with E-state index in [0.717, 1.165) is 34.0 Å². The number of tetrazole rings is 1. The maximum absolute atomic E-state index is 12.3. The Balaban J connectivity index is 1.30. The largest absolute Gasteiger partial charge is 0.489 e. The molecule has 0 unspecified atom stereocenters. The summed E-state index contributed by atoms with van der Waals surface area (Å²) in [7, 11) is 0. The molecule has 2 aromatic heterocycles. The molecule has 0 aliphatic heterocycles. The molecule has 0 aliphatic carbocycles. The van der Waals surface area contributed by atoms with Crippen molar-refractivity contribution >= 4 is 11.6 Å². The van der Waals surface area contributed by atoms with Gasteiger partial charge < -0.3 is 14.6 Å². The number of nitrogens with zero attached hydrogens (tertiary/aromatic N) is 5. The molecule has 0 saturated carbocycles. The fourth-order valence-electron chi connectivity index (χ4n) is 2.93. The molecule has 4 rings (SSSR count). The van der Waals surface area contributed by atoms with Crippen molar-refractivity contribution in [3.8, 4) is 11.4 Å². The second-order valence-electron chi connectivity index (χ2n) is 6.76. The van der Waals surface area contributed by atoms with Crippen molar-refractivity contribution in [2.75, 3.05) is 5.32 Å². The first-order valence-electron chi connectivity index (χ1n) is 9.35. The molecule has 0 radical (unpaired) electrons. The Hall–Kier alpha value is -4.01. The van der Waals surface area contributed by atoms with Crippen LogP contribution in [0.1, 0.15) is 22.6 Å². The molecule has 152 valence electrons. The first-order valence-corrected chi connectivity index (χ1v) is 9.35. The lowest BCUT2D eigenvalue weighted by Gasteiger charge is -2.08. The standard InChI is InChI=1S/C21H20N6O3/c1-14-20(15(2)30-24-14)12-29-19-9-3-16(4-10-19)11-21(28)23-17-5-7-18(8-6-17)27-13-22-25-26-27/h3-10,13H,11-12H2,1-2H3,(H,23,28). The summed E-state index contributed by atoms with van der Waals surface area (Å²) in [6.45, 7) is 4.14. The number of nitrogens with one attached hydrogen (secondary N) is 1. The third-order valence-electron chi connectivity index (χ3n) is 4.62. The fourth-order valence-corrected chi connectivity index (χ4v) is 2.93. The third kappa shape index (κ3) is 4.52. The van der Waals surface area contributed by atoms with Crippen molar-refractivity contribution in [3.05, 3.63) is 77.4 Å². The molecular formula is C21H20N6O3. The molecule has 1 N–H and O–H groups in total. The molecule has 4 aromatic rings. The van der Waals surface area contributed by atoms with E-state index in [2.05, 4.69) is 26.0 Å².